The molecular weight excluding hydrogens is 290 g/mol. The van der Waals surface area contributed by atoms with Gasteiger partial charge in [0.1, 0.15) is 0 Å². The molecule has 2 heterocycles. The topological polar surface area (TPSA) is 55.2 Å². The normalized spacial score (nSPS) is 22.3. The molecule has 0 atom stereocenters. The first kappa shape index (κ1) is 14.9. The van der Waals surface area contributed by atoms with Gasteiger partial charge in [-0.15, -0.1) is 0 Å². The molecule has 124 valence electrons. The zero-order valence-corrected chi connectivity index (χ0v) is 13.6. The van der Waals surface area contributed by atoms with Gasteiger partial charge in [-0.2, -0.15) is 5.10 Å². The highest BCUT2D eigenvalue weighted by atomic mass is 16.2. The second-order valence-corrected chi connectivity index (χ2v) is 7.57. The molecule has 0 spiro atoms. The minimum absolute atomic E-state index is 0.0230. The predicted molar refractivity (Wildman–Crippen MR) is 87.1 cm³/mol. The highest BCUT2D eigenvalue weighted by Crippen LogP contribution is 2.38. The van der Waals surface area contributed by atoms with Crippen LogP contribution in [0.25, 0.3) is 0 Å². The minimum Gasteiger partial charge on any atom is -0.342 e. The molecule has 0 N–H and O–H groups in total. The lowest BCUT2D eigenvalue weighted by Crippen LogP contribution is -2.52. The fourth-order valence-electron chi connectivity index (χ4n) is 3.92. The Bertz CT molecular complexity index is 638. The van der Waals surface area contributed by atoms with Gasteiger partial charge in [0.05, 0.1) is 12.2 Å². The summed E-state index contributed by atoms with van der Waals surface area (Å²) < 4.78 is 1.61. The second-order valence-electron chi connectivity index (χ2n) is 7.57. The van der Waals surface area contributed by atoms with Gasteiger partial charge in [0.15, 0.2) is 0 Å². The number of aromatic nitrogens is 2. The van der Waals surface area contributed by atoms with Crippen LogP contribution in [0, 0.1) is 11.8 Å². The average molecular weight is 315 g/mol. The first-order chi connectivity index (χ1) is 11.2. The fourth-order valence-corrected chi connectivity index (χ4v) is 3.92. The van der Waals surface area contributed by atoms with Crippen molar-refractivity contribution < 1.29 is 4.79 Å². The lowest BCUT2D eigenvalue weighted by molar-refractivity contribution is -0.138. The van der Waals surface area contributed by atoms with E-state index in [0.717, 1.165) is 25.2 Å². The van der Waals surface area contributed by atoms with Crippen molar-refractivity contribution in [2.24, 2.45) is 11.8 Å². The van der Waals surface area contributed by atoms with E-state index >= 15 is 0 Å². The molecular formula is C18H25N3O2. The van der Waals surface area contributed by atoms with E-state index in [2.05, 4.69) is 5.10 Å². The highest BCUT2D eigenvalue weighted by molar-refractivity contribution is 5.77. The number of carbonyl (C=O) groups is 1. The van der Waals surface area contributed by atoms with Crippen LogP contribution in [0.2, 0.25) is 0 Å². The Morgan fingerprint density at radius 2 is 1.83 bits per heavy atom. The van der Waals surface area contributed by atoms with Gasteiger partial charge < -0.3 is 4.90 Å². The zero-order chi connectivity index (χ0) is 15.8. The summed E-state index contributed by atoms with van der Waals surface area (Å²) in [5.74, 6) is 1.86. The number of likely N-dealkylation sites (tertiary alicyclic amines) is 1. The summed E-state index contributed by atoms with van der Waals surface area (Å²) in [6, 6.07) is 3.51. The van der Waals surface area contributed by atoms with Crippen molar-refractivity contribution in [3.8, 4) is 0 Å². The maximum atomic E-state index is 12.2. The van der Waals surface area contributed by atoms with E-state index in [1.54, 1.807) is 10.7 Å². The van der Waals surface area contributed by atoms with E-state index in [4.69, 9.17) is 0 Å². The van der Waals surface area contributed by atoms with E-state index in [-0.39, 0.29) is 5.56 Å². The van der Waals surface area contributed by atoms with Crippen molar-refractivity contribution in [1.82, 2.24) is 14.7 Å². The monoisotopic (exact) mass is 315 g/mol. The lowest BCUT2D eigenvalue weighted by Gasteiger charge is -2.39. The van der Waals surface area contributed by atoms with Crippen molar-refractivity contribution in [1.29, 1.82) is 0 Å². The molecule has 3 fully saturated rings. The SMILES string of the molecule is O=C(CC1CCCC1)N1CC(Cn2nc(C3CC3)ccc2=O)C1. The number of carbonyl (C=O) groups excluding carboxylic acids is 1. The molecule has 2 aliphatic carbocycles. The van der Waals surface area contributed by atoms with E-state index in [9.17, 15) is 9.59 Å². The van der Waals surface area contributed by atoms with Gasteiger partial charge in [0, 0.05) is 37.4 Å². The van der Waals surface area contributed by atoms with Crippen LogP contribution in [0.5, 0.6) is 0 Å². The molecule has 0 aromatic carbocycles. The van der Waals surface area contributed by atoms with Crippen molar-refractivity contribution >= 4 is 5.91 Å². The number of nitrogens with zero attached hydrogens (tertiary/aromatic N) is 3. The Balaban J connectivity index is 1.29. The third-order valence-electron chi connectivity index (χ3n) is 5.56. The summed E-state index contributed by atoms with van der Waals surface area (Å²) in [5, 5.41) is 4.51. The van der Waals surface area contributed by atoms with Gasteiger partial charge in [-0.3, -0.25) is 9.59 Å². The molecule has 1 aliphatic heterocycles. The van der Waals surface area contributed by atoms with Crippen LogP contribution >= 0.6 is 0 Å². The second kappa shape index (κ2) is 6.10. The molecule has 0 radical (unpaired) electrons. The highest BCUT2D eigenvalue weighted by Gasteiger charge is 2.33. The maximum Gasteiger partial charge on any atom is 0.266 e. The molecule has 1 aromatic heterocycles. The molecule has 5 heteroatoms. The summed E-state index contributed by atoms with van der Waals surface area (Å²) >= 11 is 0. The van der Waals surface area contributed by atoms with Crippen LogP contribution in [0.4, 0.5) is 0 Å². The van der Waals surface area contributed by atoms with E-state index < -0.39 is 0 Å². The van der Waals surface area contributed by atoms with Gasteiger partial charge in [0.2, 0.25) is 5.91 Å². The summed E-state index contributed by atoms with van der Waals surface area (Å²) in [6.45, 7) is 2.22. The lowest BCUT2D eigenvalue weighted by atomic mass is 9.97. The van der Waals surface area contributed by atoms with Crippen LogP contribution in [0.1, 0.15) is 56.6 Å². The third kappa shape index (κ3) is 3.33. The van der Waals surface area contributed by atoms with Crippen LogP contribution < -0.4 is 5.56 Å². The molecule has 1 aromatic rings. The van der Waals surface area contributed by atoms with Crippen LogP contribution in [0.3, 0.4) is 0 Å². The molecule has 0 bridgehead atoms. The Kier molecular flexibility index (Phi) is 3.95. The Labute approximate surface area is 136 Å². The van der Waals surface area contributed by atoms with Crippen LogP contribution in [-0.2, 0) is 11.3 Å². The number of amides is 1. The minimum atomic E-state index is -0.0230. The number of rotatable bonds is 5. The van der Waals surface area contributed by atoms with Gasteiger partial charge in [-0.05, 0) is 37.7 Å². The molecule has 2 saturated carbocycles. The van der Waals surface area contributed by atoms with Crippen molar-refractivity contribution in [3.05, 3.63) is 28.2 Å². The molecule has 5 nitrogen and oxygen atoms in total. The first-order valence-electron chi connectivity index (χ1n) is 9.05. The molecule has 1 saturated heterocycles. The van der Waals surface area contributed by atoms with Crippen LogP contribution in [0.15, 0.2) is 16.9 Å². The smallest absolute Gasteiger partial charge is 0.266 e. The first-order valence-corrected chi connectivity index (χ1v) is 9.05. The van der Waals surface area contributed by atoms with E-state index in [0.29, 0.717) is 30.2 Å². The standard InChI is InChI=1S/C18H25N3O2/c22-17-8-7-16(15-5-6-15)19-21(17)12-14-10-20(11-14)18(23)9-13-3-1-2-4-13/h7-8,13-15H,1-6,9-12H2. The largest absolute Gasteiger partial charge is 0.342 e. The summed E-state index contributed by atoms with van der Waals surface area (Å²) in [5.41, 5.74) is 1.03. The maximum absolute atomic E-state index is 12.2. The quantitative estimate of drug-likeness (QED) is 0.836. The molecule has 3 aliphatic rings. The molecule has 1 amide bonds. The van der Waals surface area contributed by atoms with E-state index in [1.165, 1.54) is 38.5 Å². The predicted octanol–water partition coefficient (Wildman–Crippen LogP) is 2.16. The Morgan fingerprint density at radius 3 is 2.52 bits per heavy atom. The summed E-state index contributed by atoms with van der Waals surface area (Å²) in [6.07, 6.45) is 8.11. The Morgan fingerprint density at radius 1 is 1.09 bits per heavy atom. The molecule has 23 heavy (non-hydrogen) atoms. The van der Waals surface area contributed by atoms with Gasteiger partial charge in [-0.1, -0.05) is 12.8 Å². The van der Waals surface area contributed by atoms with Gasteiger partial charge in [-0.25, -0.2) is 4.68 Å². The van der Waals surface area contributed by atoms with Crippen LogP contribution in [-0.4, -0.2) is 33.7 Å². The average Bonchev–Trinajstić information content (AvgIpc) is 3.22. The fraction of sp³-hybridized carbons (Fsp3) is 0.722. The molecule has 4 rings (SSSR count). The van der Waals surface area contributed by atoms with Crippen molar-refractivity contribution in [2.45, 2.75) is 57.4 Å². The number of hydrogen-bond acceptors (Lipinski definition) is 3. The zero-order valence-electron chi connectivity index (χ0n) is 13.6. The van der Waals surface area contributed by atoms with E-state index in [1.807, 2.05) is 11.0 Å². The van der Waals surface area contributed by atoms with Crippen molar-refractivity contribution in [2.75, 3.05) is 13.1 Å². The Hall–Kier alpha value is -1.65. The summed E-state index contributed by atoms with van der Waals surface area (Å²) in [4.78, 5) is 26.2. The molecule has 0 unspecified atom stereocenters. The van der Waals surface area contributed by atoms with Gasteiger partial charge >= 0.3 is 0 Å². The van der Waals surface area contributed by atoms with Gasteiger partial charge in [0.25, 0.3) is 5.56 Å². The summed E-state index contributed by atoms with van der Waals surface area (Å²) in [7, 11) is 0. The van der Waals surface area contributed by atoms with Crippen molar-refractivity contribution in [3.63, 3.8) is 0 Å². The third-order valence-corrected chi connectivity index (χ3v) is 5.56. The number of hydrogen-bond donors (Lipinski definition) is 0.